The van der Waals surface area contributed by atoms with Gasteiger partial charge in [0.15, 0.2) is 17.1 Å². The number of carbonyl (C=O) groups excluding carboxylic acids is 2. The van der Waals surface area contributed by atoms with Crippen LogP contribution in [0, 0.1) is 0 Å². The van der Waals surface area contributed by atoms with Gasteiger partial charge in [-0.1, -0.05) is 11.8 Å². The second-order valence-electron chi connectivity index (χ2n) is 8.03. The van der Waals surface area contributed by atoms with Crippen LogP contribution >= 0.6 is 11.8 Å². The van der Waals surface area contributed by atoms with E-state index in [1.807, 2.05) is 24.6 Å². The number of aromatic nitrogens is 4. The third-order valence-corrected chi connectivity index (χ3v) is 6.20. The molecule has 0 unspecified atom stereocenters. The van der Waals surface area contributed by atoms with Gasteiger partial charge in [-0.05, 0) is 44.2 Å². The molecule has 0 saturated heterocycles. The fourth-order valence-electron chi connectivity index (χ4n) is 3.57. The van der Waals surface area contributed by atoms with Crippen LogP contribution in [0.2, 0.25) is 0 Å². The molecule has 0 saturated carbocycles. The lowest BCUT2D eigenvalue weighted by atomic mass is 10.2. The van der Waals surface area contributed by atoms with Gasteiger partial charge in [0.05, 0.1) is 29.4 Å². The number of rotatable bonds is 7. The predicted octanol–water partition coefficient (Wildman–Crippen LogP) is 4.12. The molecule has 2 amide bonds. The molecule has 1 aliphatic heterocycles. The molecule has 4 aromatic rings. The first kappa shape index (κ1) is 22.7. The van der Waals surface area contributed by atoms with Crippen LogP contribution < -0.4 is 20.1 Å². The Bertz CT molecular complexity index is 1420. The zero-order chi connectivity index (χ0) is 24.4. The predicted molar refractivity (Wildman–Crippen MR) is 132 cm³/mol. The smallest absolute Gasteiger partial charge is 0.258 e. The summed E-state index contributed by atoms with van der Waals surface area (Å²) < 4.78 is 12.4. The summed E-state index contributed by atoms with van der Waals surface area (Å²) in [5, 5.41) is 11.3. The van der Waals surface area contributed by atoms with Gasteiger partial charge in [-0.25, -0.2) is 14.6 Å². The number of benzene rings is 1. The van der Waals surface area contributed by atoms with Gasteiger partial charge in [-0.2, -0.15) is 5.10 Å². The van der Waals surface area contributed by atoms with Crippen molar-refractivity contribution in [3.05, 3.63) is 60.6 Å². The van der Waals surface area contributed by atoms with Crippen molar-refractivity contribution in [2.75, 3.05) is 23.2 Å². The summed E-state index contributed by atoms with van der Waals surface area (Å²) in [6, 6.07) is 10.5. The molecule has 4 heterocycles. The average Bonchev–Trinajstić information content (AvgIpc) is 3.49. The quantitative estimate of drug-likeness (QED) is 0.371. The zero-order valence-electron chi connectivity index (χ0n) is 19.0. The van der Waals surface area contributed by atoms with Crippen LogP contribution in [-0.2, 0) is 4.79 Å². The van der Waals surface area contributed by atoms with Gasteiger partial charge >= 0.3 is 0 Å². The Morgan fingerprint density at radius 1 is 1.06 bits per heavy atom. The van der Waals surface area contributed by atoms with Crippen molar-refractivity contribution < 1.29 is 19.1 Å². The zero-order valence-corrected chi connectivity index (χ0v) is 19.8. The van der Waals surface area contributed by atoms with E-state index in [0.29, 0.717) is 33.5 Å². The molecule has 1 aromatic carbocycles. The number of nitrogens with one attached hydrogen (secondary N) is 2. The van der Waals surface area contributed by atoms with Crippen LogP contribution in [0.15, 0.2) is 60.0 Å². The van der Waals surface area contributed by atoms with Crippen LogP contribution in [0.1, 0.15) is 30.2 Å². The third-order valence-electron chi connectivity index (χ3n) is 5.19. The van der Waals surface area contributed by atoms with Gasteiger partial charge in [0.1, 0.15) is 5.03 Å². The van der Waals surface area contributed by atoms with Crippen molar-refractivity contribution in [1.82, 2.24) is 19.7 Å². The Labute approximate surface area is 205 Å². The van der Waals surface area contributed by atoms with Crippen LogP contribution in [0.4, 0.5) is 11.4 Å². The molecule has 0 atom stereocenters. The van der Waals surface area contributed by atoms with E-state index < -0.39 is 0 Å². The second kappa shape index (κ2) is 9.63. The molecule has 0 bridgehead atoms. The number of hydrogen-bond acceptors (Lipinski definition) is 8. The van der Waals surface area contributed by atoms with Crippen molar-refractivity contribution in [2.45, 2.75) is 24.9 Å². The van der Waals surface area contributed by atoms with E-state index in [9.17, 15) is 9.59 Å². The first-order valence-corrected chi connectivity index (χ1v) is 11.9. The van der Waals surface area contributed by atoms with Crippen molar-refractivity contribution in [1.29, 1.82) is 0 Å². The van der Waals surface area contributed by atoms with Gasteiger partial charge in [-0.15, -0.1) is 0 Å². The summed E-state index contributed by atoms with van der Waals surface area (Å²) in [5.41, 5.74) is 2.27. The van der Waals surface area contributed by atoms with Crippen LogP contribution in [0.5, 0.6) is 11.5 Å². The molecule has 0 aliphatic carbocycles. The number of nitrogens with zero attached hydrogens (tertiary/aromatic N) is 4. The largest absolute Gasteiger partial charge is 0.454 e. The normalized spacial score (nSPS) is 12.2. The highest BCUT2D eigenvalue weighted by Gasteiger charge is 2.17. The molecule has 2 N–H and O–H groups in total. The third kappa shape index (κ3) is 4.90. The minimum absolute atomic E-state index is 0.0770. The molecule has 178 valence electrons. The maximum absolute atomic E-state index is 13.0. The van der Waals surface area contributed by atoms with Crippen molar-refractivity contribution in [2.24, 2.45) is 0 Å². The monoisotopic (exact) mass is 490 g/mol. The molecule has 35 heavy (non-hydrogen) atoms. The van der Waals surface area contributed by atoms with Crippen LogP contribution in [0.25, 0.3) is 11.0 Å². The maximum Gasteiger partial charge on any atom is 0.258 e. The lowest BCUT2D eigenvalue weighted by Gasteiger charge is -2.10. The van der Waals surface area contributed by atoms with E-state index in [1.165, 1.54) is 11.8 Å². The van der Waals surface area contributed by atoms with E-state index >= 15 is 0 Å². The Hall–Kier alpha value is -4.12. The Balaban J connectivity index is 1.24. The molecular formula is C24H22N6O4S. The highest BCUT2D eigenvalue weighted by Crippen LogP contribution is 2.34. The van der Waals surface area contributed by atoms with Crippen molar-refractivity contribution >= 4 is 46.0 Å². The summed E-state index contributed by atoms with van der Waals surface area (Å²) in [4.78, 5) is 34.2. The molecule has 5 rings (SSSR count). The van der Waals surface area contributed by atoms with E-state index in [2.05, 4.69) is 25.7 Å². The number of thioether (sulfide) groups is 1. The number of anilines is 2. The fourth-order valence-corrected chi connectivity index (χ4v) is 4.36. The molecule has 10 nitrogen and oxygen atoms in total. The molecule has 3 aromatic heterocycles. The minimum atomic E-state index is -0.339. The number of amides is 2. The summed E-state index contributed by atoms with van der Waals surface area (Å²) in [6.45, 7) is 4.22. The van der Waals surface area contributed by atoms with E-state index in [1.54, 1.807) is 48.9 Å². The maximum atomic E-state index is 13.0. The van der Waals surface area contributed by atoms with Crippen molar-refractivity contribution in [3.63, 3.8) is 0 Å². The van der Waals surface area contributed by atoms with E-state index in [4.69, 9.17) is 9.47 Å². The van der Waals surface area contributed by atoms with Gasteiger partial charge in [-0.3, -0.25) is 9.59 Å². The number of carbonyl (C=O) groups is 2. The highest BCUT2D eigenvalue weighted by molar-refractivity contribution is 8.00. The summed E-state index contributed by atoms with van der Waals surface area (Å²) >= 11 is 1.18. The average molecular weight is 491 g/mol. The van der Waals surface area contributed by atoms with Gasteiger partial charge in [0.2, 0.25) is 12.7 Å². The first-order chi connectivity index (χ1) is 17.0. The molecule has 1 aliphatic rings. The molecule has 0 spiro atoms. The Morgan fingerprint density at radius 2 is 1.91 bits per heavy atom. The number of pyridine rings is 2. The van der Waals surface area contributed by atoms with Gasteiger partial charge < -0.3 is 20.1 Å². The lowest BCUT2D eigenvalue weighted by molar-refractivity contribution is -0.113. The van der Waals surface area contributed by atoms with E-state index in [-0.39, 0.29) is 30.4 Å². The Kier molecular flexibility index (Phi) is 6.23. The summed E-state index contributed by atoms with van der Waals surface area (Å²) in [5.74, 6) is 0.734. The fraction of sp³-hybridized carbons (Fsp3) is 0.208. The van der Waals surface area contributed by atoms with Gasteiger partial charge in [0, 0.05) is 29.4 Å². The van der Waals surface area contributed by atoms with Crippen LogP contribution in [0.3, 0.4) is 0 Å². The lowest BCUT2D eigenvalue weighted by Crippen LogP contribution is -2.16. The highest BCUT2D eigenvalue weighted by atomic mass is 32.2. The number of hydrogen-bond donors (Lipinski definition) is 2. The molecule has 0 fully saturated rings. The first-order valence-electron chi connectivity index (χ1n) is 10.9. The second-order valence-corrected chi connectivity index (χ2v) is 9.00. The summed E-state index contributed by atoms with van der Waals surface area (Å²) in [7, 11) is 0. The minimum Gasteiger partial charge on any atom is -0.454 e. The molecule has 0 radical (unpaired) electrons. The molecule has 11 heteroatoms. The van der Waals surface area contributed by atoms with Gasteiger partial charge in [0.25, 0.3) is 5.91 Å². The molecular weight excluding hydrogens is 468 g/mol. The standard InChI is InChI=1S/C24H22N6O4S/c1-14(2)30-22-15(10-27-30)8-17(11-26-22)29-23(32)18-4-3-7-25-24(18)35-12-21(31)28-16-5-6-19-20(9-16)34-13-33-19/h3-11,14H,12-13H2,1-2H3,(H,28,31)(H,29,32). The van der Waals surface area contributed by atoms with Crippen molar-refractivity contribution in [3.8, 4) is 11.5 Å². The number of fused-ring (bicyclic) bond motifs is 2. The SMILES string of the molecule is CC(C)n1ncc2cc(NC(=O)c3cccnc3SCC(=O)Nc3ccc4c(c3)OCO4)cnc21. The Morgan fingerprint density at radius 3 is 2.77 bits per heavy atom. The summed E-state index contributed by atoms with van der Waals surface area (Å²) in [6.07, 6.45) is 4.91. The van der Waals surface area contributed by atoms with Crippen LogP contribution in [-0.4, -0.2) is 44.1 Å². The van der Waals surface area contributed by atoms with E-state index in [0.717, 1.165) is 11.0 Å². The topological polar surface area (TPSA) is 120 Å². The number of ether oxygens (including phenoxy) is 2.